The van der Waals surface area contributed by atoms with E-state index in [0.29, 0.717) is 6.61 Å². The van der Waals surface area contributed by atoms with Crippen molar-refractivity contribution >= 4 is 123 Å². The van der Waals surface area contributed by atoms with Crippen molar-refractivity contribution < 1.29 is 9.15 Å². The summed E-state index contributed by atoms with van der Waals surface area (Å²) in [6.45, 7) is 0.475. The van der Waals surface area contributed by atoms with Gasteiger partial charge in [0.05, 0.1) is 0 Å². The Kier molecular flexibility index (Phi) is 7.76. The Labute approximate surface area is 460 Å². The van der Waals surface area contributed by atoms with Gasteiger partial charge in [-0.2, -0.15) is 0 Å². The summed E-state index contributed by atoms with van der Waals surface area (Å²) in [6.07, 6.45) is 0. The van der Waals surface area contributed by atoms with Gasteiger partial charge in [-0.1, -0.05) is 0 Å². The van der Waals surface area contributed by atoms with E-state index in [-0.39, 0.29) is 0 Å². The molecule has 12 aromatic carbocycles. The van der Waals surface area contributed by atoms with E-state index >= 15 is 0 Å². The van der Waals surface area contributed by atoms with Gasteiger partial charge >= 0.3 is 463 Å². The van der Waals surface area contributed by atoms with Crippen LogP contribution in [0.2, 0.25) is 0 Å². The summed E-state index contributed by atoms with van der Waals surface area (Å²) in [7, 11) is 0. The first kappa shape index (κ1) is 42.1. The molecule has 6 nitrogen and oxygen atoms in total. The molecule has 8 heterocycles. The van der Waals surface area contributed by atoms with Crippen molar-refractivity contribution in [3.8, 4) is 61.4 Å². The van der Waals surface area contributed by atoms with E-state index in [2.05, 4.69) is 257 Å². The number of para-hydroxylation sites is 2. The molecule has 3 aliphatic heterocycles. The number of hydrogen-bond acceptors (Lipinski definition) is 2. The van der Waals surface area contributed by atoms with Crippen LogP contribution in [0, 0.1) is 0 Å². The first-order valence-electron chi connectivity index (χ1n) is 27.7. The third-order valence-electron chi connectivity index (χ3n) is 18.4. The van der Waals surface area contributed by atoms with Crippen LogP contribution < -0.4 is 4.74 Å². The van der Waals surface area contributed by atoms with Gasteiger partial charge in [-0.05, 0) is 0 Å². The molecular formula is C73H42GeN4O2. The molecule has 0 fully saturated rings. The second kappa shape index (κ2) is 14.8. The van der Waals surface area contributed by atoms with Crippen molar-refractivity contribution in [1.29, 1.82) is 0 Å². The number of hydrogen-bond donors (Lipinski definition) is 0. The fraction of sp³-hybridized carbons (Fsp3) is 0.0137. The predicted molar refractivity (Wildman–Crippen MR) is 331 cm³/mol. The summed E-state index contributed by atoms with van der Waals surface area (Å²) in [4.78, 5) is 0. The van der Waals surface area contributed by atoms with Gasteiger partial charge in [0.2, 0.25) is 0 Å². The molecule has 0 aliphatic carbocycles. The molecule has 370 valence electrons. The van der Waals surface area contributed by atoms with E-state index in [1.165, 1.54) is 126 Å². The fourth-order valence-electron chi connectivity index (χ4n) is 15.4. The molecule has 0 amide bonds. The molecule has 0 N–H and O–H groups in total. The van der Waals surface area contributed by atoms with Gasteiger partial charge in [-0.25, -0.2) is 0 Å². The maximum absolute atomic E-state index is 7.52. The van der Waals surface area contributed by atoms with Crippen LogP contribution in [0.5, 0.6) is 5.75 Å². The number of fused-ring (bicyclic) bond motifs is 16. The molecule has 0 bridgehead atoms. The van der Waals surface area contributed by atoms with Crippen LogP contribution in [0.1, 0.15) is 5.56 Å². The zero-order chi connectivity index (χ0) is 51.7. The minimum atomic E-state index is -5.24. The summed E-state index contributed by atoms with van der Waals surface area (Å²) in [6, 6.07) is 91.2. The average Bonchev–Trinajstić information content (AvgIpc) is 1.79. The van der Waals surface area contributed by atoms with E-state index in [0.717, 1.165) is 49.9 Å². The van der Waals surface area contributed by atoms with Crippen LogP contribution in [0.15, 0.2) is 247 Å². The molecule has 3 aliphatic rings. The second-order valence-corrected chi connectivity index (χ2v) is 28.4. The number of rotatable bonds is 4. The summed E-state index contributed by atoms with van der Waals surface area (Å²) < 4.78 is 26.4. The number of furan rings is 1. The molecule has 0 unspecified atom stereocenters. The van der Waals surface area contributed by atoms with Crippen molar-refractivity contribution in [1.82, 2.24) is 14.1 Å². The van der Waals surface area contributed by atoms with Gasteiger partial charge in [0.25, 0.3) is 0 Å². The molecule has 0 saturated heterocycles. The van der Waals surface area contributed by atoms with E-state index in [1.54, 1.807) is 0 Å². The first-order chi connectivity index (χ1) is 39.7. The minimum absolute atomic E-state index is 0.475. The van der Waals surface area contributed by atoms with Crippen LogP contribution in [-0.4, -0.2) is 28.3 Å². The van der Waals surface area contributed by atoms with Crippen molar-refractivity contribution in [3.63, 3.8) is 0 Å². The van der Waals surface area contributed by atoms with Crippen molar-refractivity contribution in [3.05, 3.63) is 248 Å². The monoisotopic (exact) mass is 1080 g/mol. The molecule has 0 radical (unpaired) electrons. The molecule has 7 heteroatoms. The van der Waals surface area contributed by atoms with Crippen LogP contribution >= 0.6 is 0 Å². The molecule has 20 rings (SSSR count). The van der Waals surface area contributed by atoms with Crippen LogP contribution in [0.25, 0.3) is 165 Å². The standard InChI is InChI=1S/C73H42GeN4O2/c1-5-17-42(18-6-1)46-30-34-59-55(37-46)49-32-29-48-41-79-61-36-33-50-56-38-47(43-19-7-2-8-20-43)31-35-60(56)76-71(50)67(61)64(48)70(49)75(59)74(76)77-57-27-15-13-25-51(57)65-53(44-21-9-3-10-22-44)39-62-68(72(65)77)69-63(80-62)40-54(45-23-11-4-12-24-45)66-52-26-14-16-28-58(52)78(74)73(66)69/h1-40H,41H2. The fourth-order valence-corrected chi connectivity index (χ4v) is 26.7. The summed E-state index contributed by atoms with van der Waals surface area (Å²) in [5, 5.41) is 12.1. The number of aromatic nitrogens is 4. The van der Waals surface area contributed by atoms with Crippen LogP contribution in [-0.2, 0) is 6.61 Å². The van der Waals surface area contributed by atoms with E-state index in [4.69, 9.17) is 9.15 Å². The van der Waals surface area contributed by atoms with Gasteiger partial charge in [0.15, 0.2) is 0 Å². The molecule has 17 aromatic rings. The third-order valence-corrected chi connectivity index (χ3v) is 27.3. The van der Waals surface area contributed by atoms with Gasteiger partial charge in [-0.3, -0.25) is 0 Å². The Morgan fingerprint density at radius 3 is 1.24 bits per heavy atom. The topological polar surface area (TPSA) is 42.1 Å². The molecule has 5 aromatic heterocycles. The number of nitrogens with zero attached hydrogens (tertiary/aromatic N) is 4. The maximum atomic E-state index is 7.52. The van der Waals surface area contributed by atoms with Crippen LogP contribution in [0.4, 0.5) is 0 Å². The van der Waals surface area contributed by atoms with Gasteiger partial charge < -0.3 is 0 Å². The molecule has 0 saturated carbocycles. The summed E-state index contributed by atoms with van der Waals surface area (Å²) in [5.41, 5.74) is 24.5. The Hall–Kier alpha value is -10.0. The Balaban J connectivity index is 1.14. The zero-order valence-electron chi connectivity index (χ0n) is 42.9. The molecule has 80 heavy (non-hydrogen) atoms. The third kappa shape index (κ3) is 4.92. The quantitative estimate of drug-likeness (QED) is 0.165. The van der Waals surface area contributed by atoms with Crippen LogP contribution in [0.3, 0.4) is 0 Å². The molecule has 1 spiro atoms. The van der Waals surface area contributed by atoms with Gasteiger partial charge in [-0.15, -0.1) is 0 Å². The SMILES string of the molecule is c1ccc(-c2ccc3c(c2)c2ccc4c5c2[n]3[Ge]2([n]3c6ccc(-c7ccccc7)cc6c6ccc(c-5c63)OC4)[n]3c4ccccc4c4c(-c5ccccc5)cc5oc6cc(-c7ccccc7)c7c8ccccc8[n]2c7c6c5c43)cc1. The average molecular weight is 1080 g/mol. The Morgan fingerprint density at radius 1 is 0.300 bits per heavy atom. The number of ether oxygens (including phenoxy) is 1. The van der Waals surface area contributed by atoms with Crippen molar-refractivity contribution in [2.75, 3.05) is 0 Å². The number of benzene rings is 12. The first-order valence-corrected chi connectivity index (χ1v) is 31.4. The van der Waals surface area contributed by atoms with Gasteiger partial charge in [0, 0.05) is 0 Å². The van der Waals surface area contributed by atoms with Crippen molar-refractivity contribution in [2.24, 2.45) is 0 Å². The summed E-state index contributed by atoms with van der Waals surface area (Å²) >= 11 is -5.24. The predicted octanol–water partition coefficient (Wildman–Crippen LogP) is 18.8. The Morgan fingerprint density at radius 2 is 0.725 bits per heavy atom. The zero-order valence-corrected chi connectivity index (χ0v) is 45.0. The van der Waals surface area contributed by atoms with E-state index in [1.807, 2.05) is 0 Å². The van der Waals surface area contributed by atoms with Gasteiger partial charge in [0.1, 0.15) is 0 Å². The summed E-state index contributed by atoms with van der Waals surface area (Å²) in [5.74, 6) is 0.919. The second-order valence-electron chi connectivity index (χ2n) is 22.2. The normalized spacial score (nSPS) is 13.9. The molecule has 0 atom stereocenters. The Bertz CT molecular complexity index is 5300. The van der Waals surface area contributed by atoms with Crippen molar-refractivity contribution in [2.45, 2.75) is 6.61 Å². The van der Waals surface area contributed by atoms with E-state index < -0.39 is 14.2 Å². The molecular weight excluding hydrogens is 1040 g/mol. The van der Waals surface area contributed by atoms with E-state index in [9.17, 15) is 0 Å².